The van der Waals surface area contributed by atoms with Crippen molar-refractivity contribution >= 4 is 0 Å². The Hall–Kier alpha value is -3.32. The molecular weight excluding hydrogens is 352 g/mol. The third-order valence-electron chi connectivity index (χ3n) is 5.18. The van der Waals surface area contributed by atoms with Gasteiger partial charge in [-0.3, -0.25) is 0 Å². The molecule has 0 unspecified atom stereocenters. The molecule has 0 atom stereocenters. The smallest absolute Gasteiger partial charge is 0.143 e. The molecule has 0 saturated heterocycles. The summed E-state index contributed by atoms with van der Waals surface area (Å²) in [5, 5.41) is 0. The zero-order chi connectivity index (χ0) is 20.2. The van der Waals surface area contributed by atoms with Crippen molar-refractivity contribution in [2.45, 2.75) is 27.2 Å². The molecule has 0 N–H and O–H groups in total. The summed E-state index contributed by atoms with van der Waals surface area (Å²) in [5.74, 6) is 1.72. The molecule has 4 aromatic carbocycles. The lowest BCUT2D eigenvalue weighted by atomic mass is 9.91. The number of rotatable bonds is 5. The van der Waals surface area contributed by atoms with E-state index in [1.165, 1.54) is 11.1 Å². The van der Waals surface area contributed by atoms with Crippen molar-refractivity contribution in [3.05, 3.63) is 108 Å². The number of aryl methyl sites for hydroxylation is 3. The zero-order valence-electron chi connectivity index (χ0n) is 17.2. The molecule has 0 fully saturated rings. The average Bonchev–Trinajstić information content (AvgIpc) is 2.76. The third-order valence-corrected chi connectivity index (χ3v) is 5.18. The Morgan fingerprint density at radius 2 is 1.31 bits per heavy atom. The summed E-state index contributed by atoms with van der Waals surface area (Å²) in [6.45, 7) is 6.39. The van der Waals surface area contributed by atoms with Crippen LogP contribution >= 0.6 is 0 Å². The second kappa shape index (κ2) is 8.36. The Labute approximate surface area is 173 Å². The van der Waals surface area contributed by atoms with E-state index in [9.17, 15) is 0 Å². The van der Waals surface area contributed by atoms with E-state index in [1.807, 2.05) is 30.3 Å². The molecule has 0 aliphatic heterocycles. The first-order chi connectivity index (χ1) is 14.2. The van der Waals surface area contributed by atoms with Crippen molar-refractivity contribution in [1.82, 2.24) is 0 Å². The van der Waals surface area contributed by atoms with Crippen LogP contribution < -0.4 is 4.74 Å². The molecule has 0 amide bonds. The van der Waals surface area contributed by atoms with Gasteiger partial charge in [-0.2, -0.15) is 0 Å². The van der Waals surface area contributed by atoms with E-state index in [2.05, 4.69) is 81.4 Å². The highest BCUT2D eigenvalue weighted by atomic mass is 16.5. The predicted octanol–water partition coefficient (Wildman–Crippen LogP) is 7.79. The molecule has 29 heavy (non-hydrogen) atoms. The first-order valence-corrected chi connectivity index (χ1v) is 10.1. The molecule has 0 heterocycles. The fourth-order valence-electron chi connectivity index (χ4n) is 3.53. The predicted molar refractivity (Wildman–Crippen MR) is 122 cm³/mol. The number of benzene rings is 4. The van der Waals surface area contributed by atoms with E-state index in [1.54, 1.807) is 0 Å². The van der Waals surface area contributed by atoms with Crippen molar-refractivity contribution in [3.8, 4) is 33.8 Å². The molecule has 0 aliphatic carbocycles. The quantitative estimate of drug-likeness (QED) is 0.345. The minimum atomic E-state index is 0.836. The highest BCUT2D eigenvalue weighted by molar-refractivity contribution is 5.85. The minimum absolute atomic E-state index is 0.836. The summed E-state index contributed by atoms with van der Waals surface area (Å²) < 4.78 is 6.53. The van der Waals surface area contributed by atoms with Crippen LogP contribution in [0.4, 0.5) is 0 Å². The van der Waals surface area contributed by atoms with Crippen LogP contribution in [0, 0.1) is 19.9 Å². The molecular formula is C28H25O. The van der Waals surface area contributed by atoms with Gasteiger partial charge in [-0.15, -0.1) is 0 Å². The Balaban J connectivity index is 1.97. The molecule has 143 valence electrons. The molecule has 0 saturated carbocycles. The van der Waals surface area contributed by atoms with Gasteiger partial charge in [-0.05, 0) is 61.2 Å². The van der Waals surface area contributed by atoms with Crippen LogP contribution in [-0.2, 0) is 6.42 Å². The number of hydrogen-bond acceptors (Lipinski definition) is 1. The third kappa shape index (κ3) is 4.09. The zero-order valence-corrected chi connectivity index (χ0v) is 17.2. The Kier molecular flexibility index (Phi) is 5.48. The molecule has 1 nitrogen and oxygen atoms in total. The monoisotopic (exact) mass is 377 g/mol. The summed E-state index contributed by atoms with van der Waals surface area (Å²) in [4.78, 5) is 0. The molecule has 4 rings (SSSR count). The Morgan fingerprint density at radius 3 is 1.90 bits per heavy atom. The highest BCUT2D eigenvalue weighted by Gasteiger charge is 2.18. The number of hydrogen-bond donors (Lipinski definition) is 0. The fraction of sp³-hybridized carbons (Fsp3) is 0.143. The lowest BCUT2D eigenvalue weighted by Crippen LogP contribution is -1.97. The molecule has 4 aromatic rings. The first-order valence-electron chi connectivity index (χ1n) is 10.1. The van der Waals surface area contributed by atoms with Crippen LogP contribution in [0.25, 0.3) is 22.3 Å². The molecule has 1 heteroatoms. The Bertz CT molecular complexity index is 1090. The number of ether oxygens (including phenoxy) is 1. The van der Waals surface area contributed by atoms with Gasteiger partial charge in [-0.1, -0.05) is 84.8 Å². The van der Waals surface area contributed by atoms with Gasteiger partial charge in [0.15, 0.2) is 0 Å². The maximum absolute atomic E-state index is 6.53. The maximum atomic E-state index is 6.53. The minimum Gasteiger partial charge on any atom is -0.456 e. The molecule has 0 aromatic heterocycles. The largest absolute Gasteiger partial charge is 0.456 e. The topological polar surface area (TPSA) is 9.23 Å². The first kappa shape index (κ1) is 19.0. The van der Waals surface area contributed by atoms with E-state index in [4.69, 9.17) is 4.74 Å². The summed E-state index contributed by atoms with van der Waals surface area (Å²) in [6.07, 6.45) is 0.891. The lowest BCUT2D eigenvalue weighted by molar-refractivity contribution is 0.485. The lowest BCUT2D eigenvalue weighted by Gasteiger charge is -2.19. The van der Waals surface area contributed by atoms with Gasteiger partial charge in [0.1, 0.15) is 11.5 Å². The average molecular weight is 378 g/mol. The van der Waals surface area contributed by atoms with E-state index >= 15 is 0 Å². The van der Waals surface area contributed by atoms with Crippen molar-refractivity contribution < 1.29 is 4.74 Å². The van der Waals surface area contributed by atoms with Crippen molar-refractivity contribution in [2.75, 3.05) is 0 Å². The van der Waals surface area contributed by atoms with E-state index in [-0.39, 0.29) is 0 Å². The van der Waals surface area contributed by atoms with Crippen molar-refractivity contribution in [3.63, 3.8) is 0 Å². The summed E-state index contributed by atoms with van der Waals surface area (Å²) in [7, 11) is 0. The standard InChI is InChI=1S/C28H25O/c1-4-22-18-19-26(23-14-10-20(2)11-15-23)28(29-25-8-6-5-7-9-25)27(22)24-16-12-21(3)13-17-24/h5-17,19H,4H2,1-3H3. The second-order valence-corrected chi connectivity index (χ2v) is 7.39. The summed E-state index contributed by atoms with van der Waals surface area (Å²) in [5.41, 5.74) is 8.12. The van der Waals surface area contributed by atoms with Gasteiger partial charge in [-0.25, -0.2) is 0 Å². The Morgan fingerprint density at radius 1 is 0.724 bits per heavy atom. The van der Waals surface area contributed by atoms with Gasteiger partial charge in [0.2, 0.25) is 0 Å². The van der Waals surface area contributed by atoms with Crippen molar-refractivity contribution in [1.29, 1.82) is 0 Å². The van der Waals surface area contributed by atoms with Gasteiger partial charge in [0.25, 0.3) is 0 Å². The van der Waals surface area contributed by atoms with E-state index < -0.39 is 0 Å². The van der Waals surface area contributed by atoms with Crippen LogP contribution in [0.15, 0.2) is 84.9 Å². The van der Waals surface area contributed by atoms with Gasteiger partial charge in [0.05, 0.1) is 0 Å². The molecule has 0 bridgehead atoms. The maximum Gasteiger partial charge on any atom is 0.143 e. The van der Waals surface area contributed by atoms with Gasteiger partial charge >= 0.3 is 0 Å². The number of para-hydroxylation sites is 1. The van der Waals surface area contributed by atoms with Crippen LogP contribution in [0.3, 0.4) is 0 Å². The van der Waals surface area contributed by atoms with Crippen LogP contribution in [0.5, 0.6) is 11.5 Å². The van der Waals surface area contributed by atoms with Crippen molar-refractivity contribution in [2.24, 2.45) is 0 Å². The van der Waals surface area contributed by atoms with E-state index in [0.717, 1.165) is 45.7 Å². The van der Waals surface area contributed by atoms with E-state index in [0.29, 0.717) is 0 Å². The van der Waals surface area contributed by atoms with Crippen LogP contribution in [-0.4, -0.2) is 0 Å². The molecule has 1 radical (unpaired) electrons. The summed E-state index contributed by atoms with van der Waals surface area (Å²) >= 11 is 0. The molecule has 0 spiro atoms. The second-order valence-electron chi connectivity index (χ2n) is 7.39. The normalized spacial score (nSPS) is 10.7. The van der Waals surface area contributed by atoms with Gasteiger partial charge in [0, 0.05) is 11.1 Å². The fourth-order valence-corrected chi connectivity index (χ4v) is 3.53. The SMILES string of the molecule is CCc1[c]cc(-c2ccc(C)cc2)c(Oc2ccccc2)c1-c1ccc(C)cc1. The van der Waals surface area contributed by atoms with Crippen LogP contribution in [0.2, 0.25) is 0 Å². The molecule has 0 aliphatic rings. The van der Waals surface area contributed by atoms with Crippen LogP contribution in [0.1, 0.15) is 23.6 Å². The summed E-state index contributed by atoms with van der Waals surface area (Å²) in [6, 6.07) is 32.8. The van der Waals surface area contributed by atoms with Gasteiger partial charge < -0.3 is 4.74 Å². The highest BCUT2D eigenvalue weighted by Crippen LogP contribution is 2.43.